The van der Waals surface area contributed by atoms with Crippen LogP contribution in [0.25, 0.3) is 0 Å². The smallest absolute Gasteiger partial charge is 0.289 e. The maximum Gasteiger partial charge on any atom is 0.289 e. The molecule has 1 aliphatic rings. The van der Waals surface area contributed by atoms with Crippen LogP contribution in [-0.4, -0.2) is 65.5 Å². The van der Waals surface area contributed by atoms with Crippen LogP contribution in [0.1, 0.15) is 52.6 Å². The van der Waals surface area contributed by atoms with Crippen molar-refractivity contribution in [3.8, 4) is 5.75 Å². The second-order valence-electron chi connectivity index (χ2n) is 10.3. The lowest BCUT2D eigenvalue weighted by Crippen LogP contribution is -2.48. The van der Waals surface area contributed by atoms with Gasteiger partial charge in [0.05, 0.1) is 36.0 Å². The molecule has 0 radical (unpaired) electrons. The summed E-state index contributed by atoms with van der Waals surface area (Å²) in [6.45, 7) is 8.78. The lowest BCUT2D eigenvalue weighted by atomic mass is 10.2. The summed E-state index contributed by atoms with van der Waals surface area (Å²) in [6, 6.07) is 22.7. The molecule has 0 atom stereocenters. The number of furan rings is 1. The highest BCUT2D eigenvalue weighted by Gasteiger charge is 2.26. The minimum absolute atomic E-state index is 0.0949. The number of aromatic nitrogens is 1. The van der Waals surface area contributed by atoms with Gasteiger partial charge >= 0.3 is 0 Å². The van der Waals surface area contributed by atoms with Gasteiger partial charge in [-0.3, -0.25) is 9.59 Å². The number of amides is 2. The fourth-order valence-electron chi connectivity index (χ4n) is 5.32. The molecule has 0 N–H and O–H groups in total. The van der Waals surface area contributed by atoms with Crippen molar-refractivity contribution in [3.05, 3.63) is 107 Å². The van der Waals surface area contributed by atoms with Crippen molar-refractivity contribution < 1.29 is 18.7 Å². The van der Waals surface area contributed by atoms with Crippen LogP contribution in [0.3, 0.4) is 0 Å². The van der Waals surface area contributed by atoms with Crippen molar-refractivity contribution in [2.75, 3.05) is 44.2 Å². The third kappa shape index (κ3) is 6.65. The summed E-state index contributed by atoms with van der Waals surface area (Å²) in [5.41, 5.74) is 2.52. The van der Waals surface area contributed by atoms with Crippen molar-refractivity contribution in [2.45, 2.75) is 33.4 Å². The number of para-hydroxylation sites is 2. The van der Waals surface area contributed by atoms with Gasteiger partial charge in [0.2, 0.25) is 0 Å². The van der Waals surface area contributed by atoms with Gasteiger partial charge in [0.25, 0.3) is 11.8 Å². The first-order valence-corrected chi connectivity index (χ1v) is 14.9. The molecule has 0 spiro atoms. The third-order valence-electron chi connectivity index (χ3n) is 7.43. The van der Waals surface area contributed by atoms with Crippen LogP contribution in [0.4, 0.5) is 5.69 Å². The average Bonchev–Trinajstić information content (AvgIpc) is 3.67. The molecule has 220 valence electrons. The summed E-state index contributed by atoms with van der Waals surface area (Å²) in [5, 5.41) is 0.448. The van der Waals surface area contributed by atoms with Gasteiger partial charge in [-0.2, -0.15) is 0 Å². The third-order valence-corrected chi connectivity index (χ3v) is 7.76. The monoisotopic (exact) mass is 588 g/mol. The fraction of sp³-hybridized carbons (Fsp3) is 0.333. The topological polar surface area (TPSA) is 71.2 Å². The first-order valence-electron chi connectivity index (χ1n) is 14.5. The number of benzene rings is 2. The molecule has 2 aromatic heterocycles. The highest BCUT2D eigenvalue weighted by atomic mass is 35.5. The summed E-state index contributed by atoms with van der Waals surface area (Å²) in [5.74, 6) is 1.68. The van der Waals surface area contributed by atoms with Gasteiger partial charge in [0.15, 0.2) is 5.76 Å². The van der Waals surface area contributed by atoms with Crippen molar-refractivity contribution in [1.82, 2.24) is 14.4 Å². The van der Waals surface area contributed by atoms with E-state index in [0.717, 1.165) is 36.6 Å². The zero-order valence-electron chi connectivity index (χ0n) is 24.2. The molecule has 4 aromatic rings. The molecule has 1 saturated heterocycles. The van der Waals surface area contributed by atoms with Crippen LogP contribution >= 0.6 is 11.6 Å². The van der Waals surface area contributed by atoms with Crippen molar-refractivity contribution in [3.63, 3.8) is 0 Å². The summed E-state index contributed by atoms with van der Waals surface area (Å²) >= 11 is 6.32. The molecule has 0 aliphatic carbocycles. The number of anilines is 1. The summed E-state index contributed by atoms with van der Waals surface area (Å²) in [4.78, 5) is 32.5. The van der Waals surface area contributed by atoms with Crippen molar-refractivity contribution in [2.24, 2.45) is 0 Å². The van der Waals surface area contributed by atoms with Crippen LogP contribution in [-0.2, 0) is 13.1 Å². The second-order valence-corrected chi connectivity index (χ2v) is 10.7. The number of carbonyl (C=O) groups is 2. The van der Waals surface area contributed by atoms with Gasteiger partial charge in [-0.05, 0) is 61.9 Å². The van der Waals surface area contributed by atoms with Crippen LogP contribution in [0.5, 0.6) is 5.75 Å². The molecule has 2 amide bonds. The van der Waals surface area contributed by atoms with Gasteiger partial charge in [0, 0.05) is 44.6 Å². The maximum absolute atomic E-state index is 13.3. The van der Waals surface area contributed by atoms with E-state index in [1.807, 2.05) is 82.9 Å². The Morgan fingerprint density at radius 3 is 2.45 bits per heavy atom. The summed E-state index contributed by atoms with van der Waals surface area (Å²) in [6.07, 6.45) is 2.79. The van der Waals surface area contributed by atoms with Crippen molar-refractivity contribution in [1.29, 1.82) is 0 Å². The Balaban J connectivity index is 1.21. The van der Waals surface area contributed by atoms with E-state index in [0.29, 0.717) is 61.4 Å². The minimum Gasteiger partial charge on any atom is -0.492 e. The molecule has 0 bridgehead atoms. The number of hydrogen-bond acceptors (Lipinski definition) is 5. The fourth-order valence-corrected chi connectivity index (χ4v) is 5.53. The molecule has 3 heterocycles. The van der Waals surface area contributed by atoms with Crippen LogP contribution < -0.4 is 9.64 Å². The number of rotatable bonds is 11. The Hall–Kier alpha value is -4.17. The highest BCUT2D eigenvalue weighted by Crippen LogP contribution is 2.29. The Morgan fingerprint density at radius 2 is 1.69 bits per heavy atom. The molecule has 8 nitrogen and oxygen atoms in total. The Labute approximate surface area is 252 Å². The van der Waals surface area contributed by atoms with Crippen LogP contribution in [0, 0.1) is 0 Å². The number of hydrogen-bond donors (Lipinski definition) is 0. The lowest BCUT2D eigenvalue weighted by molar-refractivity contribution is 0.0709. The first-order chi connectivity index (χ1) is 20.5. The predicted molar refractivity (Wildman–Crippen MR) is 164 cm³/mol. The van der Waals surface area contributed by atoms with E-state index < -0.39 is 0 Å². The van der Waals surface area contributed by atoms with Gasteiger partial charge < -0.3 is 28.4 Å². The molecule has 5 rings (SSSR count). The van der Waals surface area contributed by atoms with E-state index in [1.54, 1.807) is 18.2 Å². The number of ether oxygens (including phenoxy) is 1. The van der Waals surface area contributed by atoms with Gasteiger partial charge in [0.1, 0.15) is 11.5 Å². The molecule has 1 fully saturated rings. The molecular weight excluding hydrogens is 552 g/mol. The van der Waals surface area contributed by atoms with Crippen molar-refractivity contribution >= 4 is 29.1 Å². The zero-order valence-corrected chi connectivity index (χ0v) is 24.9. The van der Waals surface area contributed by atoms with E-state index >= 15 is 0 Å². The second kappa shape index (κ2) is 13.7. The largest absolute Gasteiger partial charge is 0.492 e. The maximum atomic E-state index is 13.3. The zero-order chi connectivity index (χ0) is 29.5. The van der Waals surface area contributed by atoms with Gasteiger partial charge in [-0.1, -0.05) is 42.8 Å². The summed E-state index contributed by atoms with van der Waals surface area (Å²) < 4.78 is 13.9. The number of nitrogens with zero attached hydrogens (tertiary/aromatic N) is 4. The van der Waals surface area contributed by atoms with E-state index in [1.165, 1.54) is 0 Å². The average molecular weight is 589 g/mol. The standard InChI is InChI=1S/C33H37ClN4O4/c1-3-17-38(32(39)27-11-5-6-12-28(27)34)23-25-10-9-18-37(25)24-26-15-16-31(42-26)33(40)36-21-19-35(20-22-36)29-13-7-8-14-30(29)41-4-2/h5-16,18H,3-4,17,19-24H2,1-2H3. The molecule has 0 unspecified atom stereocenters. The molecule has 9 heteroatoms. The van der Waals surface area contributed by atoms with E-state index in [9.17, 15) is 9.59 Å². The SMILES string of the molecule is CCCN(Cc1cccn1Cc1ccc(C(=O)N2CCN(c3ccccc3OCC)CC2)o1)C(=O)c1ccccc1Cl. The number of halogens is 1. The molecule has 1 aliphatic heterocycles. The Morgan fingerprint density at radius 1 is 0.929 bits per heavy atom. The van der Waals surface area contributed by atoms with Gasteiger partial charge in [-0.25, -0.2) is 0 Å². The molecule has 0 saturated carbocycles. The highest BCUT2D eigenvalue weighted by molar-refractivity contribution is 6.33. The van der Waals surface area contributed by atoms with E-state index in [4.69, 9.17) is 20.8 Å². The minimum atomic E-state index is -0.105. The number of carbonyl (C=O) groups excluding carboxylic acids is 2. The summed E-state index contributed by atoms with van der Waals surface area (Å²) in [7, 11) is 0. The van der Waals surface area contributed by atoms with Crippen LogP contribution in [0.15, 0.2) is 83.4 Å². The lowest BCUT2D eigenvalue weighted by Gasteiger charge is -2.36. The number of piperazine rings is 1. The van der Waals surface area contributed by atoms with Gasteiger partial charge in [-0.15, -0.1) is 0 Å². The molecule has 2 aromatic carbocycles. The molecule has 42 heavy (non-hydrogen) atoms. The van der Waals surface area contributed by atoms with Crippen LogP contribution in [0.2, 0.25) is 5.02 Å². The Bertz CT molecular complexity index is 1500. The van der Waals surface area contributed by atoms with E-state index in [2.05, 4.69) is 11.0 Å². The van der Waals surface area contributed by atoms with E-state index in [-0.39, 0.29) is 11.8 Å². The Kier molecular flexibility index (Phi) is 9.54. The molecular formula is C33H37ClN4O4. The quantitative estimate of drug-likeness (QED) is 0.209. The predicted octanol–water partition coefficient (Wildman–Crippen LogP) is 6.20. The normalized spacial score (nSPS) is 13.3. The first kappa shape index (κ1) is 29.3.